The van der Waals surface area contributed by atoms with Gasteiger partial charge in [-0.1, -0.05) is 6.07 Å². The highest BCUT2D eigenvalue weighted by Crippen LogP contribution is 2.19. The summed E-state index contributed by atoms with van der Waals surface area (Å²) in [4.78, 5) is 25.4. The van der Waals surface area contributed by atoms with Crippen molar-refractivity contribution in [1.29, 1.82) is 0 Å². The molecule has 0 aliphatic carbocycles. The molecular formula is C11H8N2O4. The van der Waals surface area contributed by atoms with Gasteiger partial charge in [-0.05, 0) is 12.1 Å². The summed E-state index contributed by atoms with van der Waals surface area (Å²) in [7, 11) is 1.25. The molecule has 0 amide bonds. The number of aromatic nitrogens is 1. The van der Waals surface area contributed by atoms with Crippen LogP contribution in [-0.2, 0) is 4.74 Å². The predicted molar refractivity (Wildman–Crippen MR) is 59.7 cm³/mol. The molecule has 0 fully saturated rings. The van der Waals surface area contributed by atoms with E-state index in [0.717, 1.165) is 5.39 Å². The summed E-state index contributed by atoms with van der Waals surface area (Å²) in [5.41, 5.74) is 0.453. The molecule has 0 atom stereocenters. The van der Waals surface area contributed by atoms with Crippen molar-refractivity contribution in [1.82, 2.24) is 4.98 Å². The first-order chi connectivity index (χ1) is 8.11. The average Bonchev–Trinajstić information content (AvgIpc) is 2.36. The molecule has 6 nitrogen and oxygen atoms in total. The third-order valence-corrected chi connectivity index (χ3v) is 2.28. The molecule has 1 aromatic heterocycles. The number of carbonyl (C=O) groups is 1. The molecule has 17 heavy (non-hydrogen) atoms. The molecule has 2 rings (SSSR count). The summed E-state index contributed by atoms with van der Waals surface area (Å²) >= 11 is 0. The van der Waals surface area contributed by atoms with E-state index in [2.05, 4.69) is 9.72 Å². The Morgan fingerprint density at radius 2 is 2.06 bits per heavy atom. The molecular weight excluding hydrogens is 224 g/mol. The first-order valence-electron chi connectivity index (χ1n) is 4.75. The van der Waals surface area contributed by atoms with Gasteiger partial charge in [-0.3, -0.25) is 10.1 Å². The van der Waals surface area contributed by atoms with Crippen molar-refractivity contribution in [2.45, 2.75) is 0 Å². The van der Waals surface area contributed by atoms with Crippen LogP contribution in [0.3, 0.4) is 0 Å². The van der Waals surface area contributed by atoms with Gasteiger partial charge < -0.3 is 4.74 Å². The van der Waals surface area contributed by atoms with Gasteiger partial charge in [0.2, 0.25) is 0 Å². The van der Waals surface area contributed by atoms with Crippen molar-refractivity contribution in [2.75, 3.05) is 7.11 Å². The maximum absolute atomic E-state index is 11.3. The smallest absolute Gasteiger partial charge is 0.356 e. The van der Waals surface area contributed by atoms with Gasteiger partial charge in [0.05, 0.1) is 17.5 Å². The van der Waals surface area contributed by atoms with E-state index in [9.17, 15) is 14.9 Å². The Bertz CT molecular complexity index is 609. The third-order valence-electron chi connectivity index (χ3n) is 2.28. The number of benzene rings is 1. The predicted octanol–water partition coefficient (Wildman–Crippen LogP) is 1.93. The second kappa shape index (κ2) is 4.17. The summed E-state index contributed by atoms with van der Waals surface area (Å²) in [5.74, 6) is -0.571. The molecule has 0 saturated carbocycles. The average molecular weight is 232 g/mol. The van der Waals surface area contributed by atoms with Gasteiger partial charge in [-0.25, -0.2) is 9.78 Å². The summed E-state index contributed by atoms with van der Waals surface area (Å²) < 4.78 is 4.53. The highest BCUT2D eigenvalue weighted by Gasteiger charge is 2.10. The van der Waals surface area contributed by atoms with Crippen LogP contribution in [0.4, 0.5) is 5.69 Å². The Kier molecular flexibility index (Phi) is 2.70. The number of carbonyl (C=O) groups excluding carboxylic acids is 1. The van der Waals surface area contributed by atoms with Crippen LogP contribution in [0.25, 0.3) is 10.9 Å². The topological polar surface area (TPSA) is 82.3 Å². The fourth-order valence-corrected chi connectivity index (χ4v) is 1.44. The van der Waals surface area contributed by atoms with E-state index >= 15 is 0 Å². The van der Waals surface area contributed by atoms with Crippen molar-refractivity contribution in [2.24, 2.45) is 0 Å². The normalized spacial score (nSPS) is 10.2. The second-order valence-electron chi connectivity index (χ2n) is 3.32. The molecule has 0 aliphatic rings. The Balaban J connectivity index is 2.58. The number of methoxy groups -OCH3 is 1. The molecule has 0 bridgehead atoms. The molecule has 0 spiro atoms. The number of nitro groups is 1. The van der Waals surface area contributed by atoms with Crippen LogP contribution in [0.1, 0.15) is 10.5 Å². The van der Waals surface area contributed by atoms with Gasteiger partial charge >= 0.3 is 5.97 Å². The van der Waals surface area contributed by atoms with E-state index in [4.69, 9.17) is 0 Å². The molecule has 1 aromatic carbocycles. The van der Waals surface area contributed by atoms with Crippen molar-refractivity contribution in [3.05, 3.63) is 46.1 Å². The zero-order chi connectivity index (χ0) is 12.4. The number of hydrogen-bond acceptors (Lipinski definition) is 5. The SMILES string of the molecule is COC(=O)c1ccc2ccc([N+](=O)[O-])cc2n1. The van der Waals surface area contributed by atoms with Crippen LogP contribution in [0, 0.1) is 10.1 Å². The summed E-state index contributed by atoms with van der Waals surface area (Å²) in [6, 6.07) is 7.48. The van der Waals surface area contributed by atoms with Gasteiger partial charge in [-0.15, -0.1) is 0 Å². The Morgan fingerprint density at radius 1 is 1.35 bits per heavy atom. The zero-order valence-electron chi connectivity index (χ0n) is 8.91. The minimum Gasteiger partial charge on any atom is -0.464 e. The molecule has 0 unspecified atom stereocenters. The number of nitro benzene ring substituents is 1. The van der Waals surface area contributed by atoms with E-state index < -0.39 is 10.9 Å². The van der Waals surface area contributed by atoms with Gasteiger partial charge in [0, 0.05) is 17.5 Å². The van der Waals surface area contributed by atoms with E-state index in [0.29, 0.717) is 5.52 Å². The first kappa shape index (κ1) is 11.0. The summed E-state index contributed by atoms with van der Waals surface area (Å²) in [6.45, 7) is 0. The Hall–Kier alpha value is -2.50. The van der Waals surface area contributed by atoms with Crippen molar-refractivity contribution >= 4 is 22.6 Å². The number of hydrogen-bond donors (Lipinski definition) is 0. The number of non-ortho nitro benzene ring substituents is 1. The van der Waals surface area contributed by atoms with Gasteiger partial charge in [0.25, 0.3) is 5.69 Å². The lowest BCUT2D eigenvalue weighted by Gasteiger charge is -2.01. The van der Waals surface area contributed by atoms with Crippen LogP contribution < -0.4 is 0 Å². The fourth-order valence-electron chi connectivity index (χ4n) is 1.44. The number of pyridine rings is 1. The van der Waals surface area contributed by atoms with Gasteiger partial charge in [0.1, 0.15) is 5.69 Å². The van der Waals surface area contributed by atoms with Crippen LogP contribution in [0.5, 0.6) is 0 Å². The number of ether oxygens (including phenoxy) is 1. The quantitative estimate of drug-likeness (QED) is 0.448. The summed E-state index contributed by atoms with van der Waals surface area (Å²) in [5, 5.41) is 11.3. The highest BCUT2D eigenvalue weighted by molar-refractivity contribution is 5.91. The zero-order valence-corrected chi connectivity index (χ0v) is 8.91. The maximum Gasteiger partial charge on any atom is 0.356 e. The monoisotopic (exact) mass is 232 g/mol. The standard InChI is InChI=1S/C11H8N2O4/c1-17-11(14)9-5-3-7-2-4-8(13(15)16)6-10(7)12-9/h2-6H,1H3. The van der Waals surface area contributed by atoms with E-state index in [-0.39, 0.29) is 11.4 Å². The van der Waals surface area contributed by atoms with Crippen LogP contribution in [-0.4, -0.2) is 23.0 Å². The Morgan fingerprint density at radius 3 is 2.71 bits per heavy atom. The van der Waals surface area contributed by atoms with Crippen LogP contribution in [0.2, 0.25) is 0 Å². The molecule has 2 aromatic rings. The number of nitrogens with zero attached hydrogens (tertiary/aromatic N) is 2. The largest absolute Gasteiger partial charge is 0.464 e. The number of rotatable bonds is 2. The van der Waals surface area contributed by atoms with Crippen LogP contribution in [0.15, 0.2) is 30.3 Å². The summed E-state index contributed by atoms with van der Waals surface area (Å²) in [6.07, 6.45) is 0. The molecule has 0 saturated heterocycles. The lowest BCUT2D eigenvalue weighted by Crippen LogP contribution is -2.03. The lowest BCUT2D eigenvalue weighted by atomic mass is 10.2. The van der Waals surface area contributed by atoms with Crippen LogP contribution >= 0.6 is 0 Å². The fraction of sp³-hybridized carbons (Fsp3) is 0.0909. The lowest BCUT2D eigenvalue weighted by molar-refractivity contribution is -0.384. The number of esters is 1. The first-order valence-corrected chi connectivity index (χ1v) is 4.75. The van der Waals surface area contributed by atoms with Crippen molar-refractivity contribution in [3.8, 4) is 0 Å². The molecule has 86 valence electrons. The molecule has 1 heterocycles. The van der Waals surface area contributed by atoms with Gasteiger partial charge in [-0.2, -0.15) is 0 Å². The van der Waals surface area contributed by atoms with E-state index in [1.165, 1.54) is 25.3 Å². The molecule has 0 radical (unpaired) electrons. The molecule has 6 heteroatoms. The molecule has 0 N–H and O–H groups in total. The van der Waals surface area contributed by atoms with E-state index in [1.54, 1.807) is 12.1 Å². The number of fused-ring (bicyclic) bond motifs is 1. The maximum atomic E-state index is 11.3. The minimum atomic E-state index is -0.571. The highest BCUT2D eigenvalue weighted by atomic mass is 16.6. The Labute approximate surface area is 96.0 Å². The van der Waals surface area contributed by atoms with Crippen molar-refractivity contribution in [3.63, 3.8) is 0 Å². The minimum absolute atomic E-state index is 0.0629. The van der Waals surface area contributed by atoms with Gasteiger partial charge in [0.15, 0.2) is 0 Å². The third kappa shape index (κ3) is 2.05. The van der Waals surface area contributed by atoms with Crippen molar-refractivity contribution < 1.29 is 14.5 Å². The molecule has 0 aliphatic heterocycles. The second-order valence-corrected chi connectivity index (χ2v) is 3.32. The van der Waals surface area contributed by atoms with E-state index in [1.807, 2.05) is 0 Å².